The zero-order valence-electron chi connectivity index (χ0n) is 19.1. The molecule has 1 aromatic heterocycles. The molecule has 0 radical (unpaired) electrons. The van der Waals surface area contributed by atoms with E-state index in [4.69, 9.17) is 0 Å². The molecular formula is C23H26F2N6O2S. The van der Waals surface area contributed by atoms with E-state index in [-0.39, 0.29) is 23.9 Å². The van der Waals surface area contributed by atoms with Crippen molar-refractivity contribution in [2.75, 3.05) is 35.6 Å². The zero-order chi connectivity index (χ0) is 24.7. The summed E-state index contributed by atoms with van der Waals surface area (Å²) in [4.78, 5) is 26.3. The molecule has 0 aliphatic rings. The minimum absolute atomic E-state index is 0.0331. The first-order chi connectivity index (χ1) is 16.3. The Morgan fingerprint density at radius 2 is 1.71 bits per heavy atom. The number of thioether (sulfide) groups is 1. The van der Waals surface area contributed by atoms with Crippen LogP contribution < -0.4 is 15.5 Å². The first-order valence-electron chi connectivity index (χ1n) is 10.7. The fourth-order valence-electron chi connectivity index (χ4n) is 3.24. The monoisotopic (exact) mass is 488 g/mol. The minimum atomic E-state index is -1.07. The lowest BCUT2D eigenvalue weighted by Crippen LogP contribution is -2.34. The molecule has 0 aliphatic carbocycles. The molecule has 2 N–H and O–H groups in total. The Balaban J connectivity index is 1.50. The van der Waals surface area contributed by atoms with Crippen LogP contribution in [0.25, 0.3) is 11.4 Å². The van der Waals surface area contributed by atoms with E-state index < -0.39 is 17.5 Å². The van der Waals surface area contributed by atoms with Gasteiger partial charge in [0.1, 0.15) is 0 Å². The lowest BCUT2D eigenvalue weighted by Gasteiger charge is -2.21. The second-order valence-electron chi connectivity index (χ2n) is 7.33. The van der Waals surface area contributed by atoms with Gasteiger partial charge in [0, 0.05) is 43.1 Å². The van der Waals surface area contributed by atoms with Gasteiger partial charge in [-0.2, -0.15) is 0 Å². The fraction of sp³-hybridized carbons (Fsp3) is 0.304. The Morgan fingerprint density at radius 1 is 1.00 bits per heavy atom. The number of anilines is 2. The van der Waals surface area contributed by atoms with Crippen molar-refractivity contribution < 1.29 is 18.4 Å². The van der Waals surface area contributed by atoms with Gasteiger partial charge in [0.05, 0.1) is 12.3 Å². The molecule has 2 amide bonds. The predicted molar refractivity (Wildman–Crippen MR) is 129 cm³/mol. The summed E-state index contributed by atoms with van der Waals surface area (Å²) in [6.07, 6.45) is 0. The van der Waals surface area contributed by atoms with Crippen molar-refractivity contribution in [3.63, 3.8) is 0 Å². The van der Waals surface area contributed by atoms with E-state index in [1.807, 2.05) is 31.3 Å². The van der Waals surface area contributed by atoms with Crippen molar-refractivity contribution in [2.24, 2.45) is 7.05 Å². The van der Waals surface area contributed by atoms with E-state index in [9.17, 15) is 18.4 Å². The van der Waals surface area contributed by atoms with Crippen LogP contribution >= 0.6 is 11.8 Å². The van der Waals surface area contributed by atoms with E-state index in [2.05, 4.69) is 39.6 Å². The summed E-state index contributed by atoms with van der Waals surface area (Å²) < 4.78 is 28.0. The van der Waals surface area contributed by atoms with Crippen LogP contribution in [-0.2, 0) is 16.6 Å². The van der Waals surface area contributed by atoms with E-state index in [0.717, 1.165) is 36.5 Å². The SMILES string of the molecule is CCN(CC)c1ccc(-c2nnc(SCC(=O)NCC(=O)Nc3ccc(F)c(F)c3)n2C)cc1. The standard InChI is InChI=1S/C23H26F2N6O2S/c1-4-31(5-2)17-9-6-15(7-10-17)22-28-29-23(30(22)3)34-14-21(33)26-13-20(32)27-16-8-11-18(24)19(25)12-16/h6-12H,4-5,13-14H2,1-3H3,(H,26,33)(H,27,32). The number of rotatable bonds is 10. The van der Waals surface area contributed by atoms with Crippen molar-refractivity contribution in [3.05, 3.63) is 54.1 Å². The number of aromatic nitrogens is 3. The van der Waals surface area contributed by atoms with Crippen molar-refractivity contribution in [2.45, 2.75) is 19.0 Å². The Morgan fingerprint density at radius 3 is 2.35 bits per heavy atom. The van der Waals surface area contributed by atoms with Gasteiger partial charge in [0.15, 0.2) is 22.6 Å². The summed E-state index contributed by atoms with van der Waals surface area (Å²) in [6.45, 7) is 5.77. The molecule has 0 aliphatic heterocycles. The second kappa shape index (κ2) is 11.6. The molecule has 34 heavy (non-hydrogen) atoms. The number of hydrogen-bond acceptors (Lipinski definition) is 6. The van der Waals surface area contributed by atoms with Gasteiger partial charge in [0.25, 0.3) is 0 Å². The highest BCUT2D eigenvalue weighted by atomic mass is 32.2. The van der Waals surface area contributed by atoms with Crippen LogP contribution in [-0.4, -0.2) is 52.0 Å². The molecule has 0 saturated carbocycles. The maximum Gasteiger partial charge on any atom is 0.243 e. The minimum Gasteiger partial charge on any atom is -0.372 e. The van der Waals surface area contributed by atoms with Crippen molar-refractivity contribution in [1.82, 2.24) is 20.1 Å². The van der Waals surface area contributed by atoms with E-state index >= 15 is 0 Å². The molecule has 180 valence electrons. The Hall–Kier alpha value is -3.47. The van der Waals surface area contributed by atoms with Gasteiger partial charge in [-0.25, -0.2) is 8.78 Å². The Labute approximate surface area is 200 Å². The van der Waals surface area contributed by atoms with Crippen molar-refractivity contribution in [3.8, 4) is 11.4 Å². The largest absolute Gasteiger partial charge is 0.372 e. The van der Waals surface area contributed by atoms with Gasteiger partial charge < -0.3 is 20.1 Å². The first-order valence-corrected chi connectivity index (χ1v) is 11.7. The van der Waals surface area contributed by atoms with Gasteiger partial charge in [-0.1, -0.05) is 11.8 Å². The molecule has 11 heteroatoms. The zero-order valence-corrected chi connectivity index (χ0v) is 20.0. The summed E-state index contributed by atoms with van der Waals surface area (Å²) in [7, 11) is 1.82. The fourth-order valence-corrected chi connectivity index (χ4v) is 3.98. The van der Waals surface area contributed by atoms with Gasteiger partial charge in [0.2, 0.25) is 11.8 Å². The molecule has 2 aromatic carbocycles. The van der Waals surface area contributed by atoms with E-state index in [1.165, 1.54) is 17.8 Å². The van der Waals surface area contributed by atoms with E-state index in [0.29, 0.717) is 11.0 Å². The van der Waals surface area contributed by atoms with E-state index in [1.54, 1.807) is 4.57 Å². The topological polar surface area (TPSA) is 92.2 Å². The maximum absolute atomic E-state index is 13.2. The van der Waals surface area contributed by atoms with Crippen LogP contribution in [0, 0.1) is 11.6 Å². The molecule has 3 aromatic rings. The highest BCUT2D eigenvalue weighted by Gasteiger charge is 2.14. The highest BCUT2D eigenvalue weighted by molar-refractivity contribution is 7.99. The third-order valence-corrected chi connectivity index (χ3v) is 6.09. The van der Waals surface area contributed by atoms with Crippen molar-refractivity contribution in [1.29, 1.82) is 0 Å². The predicted octanol–water partition coefficient (Wildman–Crippen LogP) is 3.45. The second-order valence-corrected chi connectivity index (χ2v) is 8.27. The smallest absolute Gasteiger partial charge is 0.243 e. The normalized spacial score (nSPS) is 10.7. The number of carbonyl (C=O) groups excluding carboxylic acids is 2. The summed E-state index contributed by atoms with van der Waals surface area (Å²) in [5, 5.41) is 13.8. The molecule has 1 heterocycles. The molecule has 0 atom stereocenters. The lowest BCUT2D eigenvalue weighted by molar-refractivity contribution is -0.122. The quantitative estimate of drug-likeness (QED) is 0.425. The molecule has 3 rings (SSSR count). The number of amides is 2. The number of hydrogen-bond donors (Lipinski definition) is 2. The van der Waals surface area contributed by atoms with Crippen LogP contribution in [0.5, 0.6) is 0 Å². The van der Waals surface area contributed by atoms with Crippen LogP contribution in [0.4, 0.5) is 20.2 Å². The molecular weight excluding hydrogens is 462 g/mol. The number of carbonyl (C=O) groups is 2. The van der Waals surface area contributed by atoms with Gasteiger partial charge >= 0.3 is 0 Å². The summed E-state index contributed by atoms with van der Waals surface area (Å²) in [5.41, 5.74) is 2.15. The Bertz CT molecular complexity index is 1150. The molecule has 0 fully saturated rings. The number of benzene rings is 2. The molecule has 8 nitrogen and oxygen atoms in total. The van der Waals surface area contributed by atoms with Crippen LogP contribution in [0.2, 0.25) is 0 Å². The third-order valence-electron chi connectivity index (χ3n) is 5.07. The Kier molecular flexibility index (Phi) is 8.58. The lowest BCUT2D eigenvalue weighted by atomic mass is 10.2. The van der Waals surface area contributed by atoms with Gasteiger partial charge in [-0.05, 0) is 50.2 Å². The number of nitrogens with one attached hydrogen (secondary N) is 2. The highest BCUT2D eigenvalue weighted by Crippen LogP contribution is 2.25. The summed E-state index contributed by atoms with van der Waals surface area (Å²) in [6, 6.07) is 11.1. The molecule has 0 saturated heterocycles. The first kappa shape index (κ1) is 25.2. The van der Waals surface area contributed by atoms with Gasteiger partial charge in [-0.15, -0.1) is 10.2 Å². The van der Waals surface area contributed by atoms with Crippen LogP contribution in [0.1, 0.15) is 13.8 Å². The molecule has 0 bridgehead atoms. The average Bonchev–Trinajstić information content (AvgIpc) is 3.20. The summed E-state index contributed by atoms with van der Waals surface area (Å²) in [5.74, 6) is -2.30. The van der Waals surface area contributed by atoms with Crippen LogP contribution in [0.15, 0.2) is 47.6 Å². The maximum atomic E-state index is 13.2. The van der Waals surface area contributed by atoms with Crippen molar-refractivity contribution >= 4 is 35.0 Å². The third kappa shape index (κ3) is 6.31. The van der Waals surface area contributed by atoms with Gasteiger partial charge in [-0.3, -0.25) is 9.59 Å². The number of halogens is 2. The van der Waals surface area contributed by atoms with Crippen LogP contribution in [0.3, 0.4) is 0 Å². The molecule has 0 unspecified atom stereocenters. The summed E-state index contributed by atoms with van der Waals surface area (Å²) >= 11 is 1.19. The molecule has 0 spiro atoms. The number of nitrogens with zero attached hydrogens (tertiary/aromatic N) is 4. The average molecular weight is 489 g/mol.